The fourth-order valence-electron chi connectivity index (χ4n) is 4.13. The first kappa shape index (κ1) is 13.4. The normalized spacial score (nSPS) is 40.2. The molecule has 0 radical (unpaired) electrons. The van der Waals surface area contributed by atoms with Crippen LogP contribution in [0.5, 0.6) is 0 Å². The minimum absolute atomic E-state index is 0.201. The zero-order valence-corrected chi connectivity index (χ0v) is 12.1. The van der Waals surface area contributed by atoms with Crippen molar-refractivity contribution in [2.24, 2.45) is 11.7 Å². The molecule has 1 saturated carbocycles. The molecule has 2 heterocycles. The van der Waals surface area contributed by atoms with Gasteiger partial charge in [0.05, 0.1) is 0 Å². The number of hydrogen-bond acceptors (Lipinski definition) is 3. The molecule has 0 bridgehead atoms. The zero-order valence-electron chi connectivity index (χ0n) is 12.1. The lowest BCUT2D eigenvalue weighted by Crippen LogP contribution is -2.60. The molecule has 4 nitrogen and oxygen atoms in total. The van der Waals surface area contributed by atoms with Gasteiger partial charge in [0.1, 0.15) is 0 Å². The molecule has 4 atom stereocenters. The smallest absolute Gasteiger partial charge is 0.226 e. The Morgan fingerprint density at radius 3 is 2.74 bits per heavy atom. The van der Waals surface area contributed by atoms with Crippen LogP contribution >= 0.6 is 0 Å². The number of nitrogens with two attached hydrogens (primary N) is 1. The Morgan fingerprint density at radius 1 is 1.16 bits per heavy atom. The highest BCUT2D eigenvalue weighted by Gasteiger charge is 2.38. The summed E-state index contributed by atoms with van der Waals surface area (Å²) in [5, 5.41) is 0. The van der Waals surface area contributed by atoms with Gasteiger partial charge in [-0.3, -0.25) is 9.69 Å². The maximum atomic E-state index is 12.7. The van der Waals surface area contributed by atoms with Gasteiger partial charge in [0.15, 0.2) is 0 Å². The third-order valence-corrected chi connectivity index (χ3v) is 5.29. The molecule has 1 amide bonds. The first-order valence-electron chi connectivity index (χ1n) is 7.95. The first-order chi connectivity index (χ1) is 9.15. The lowest BCUT2D eigenvalue weighted by molar-refractivity contribution is -0.142. The van der Waals surface area contributed by atoms with E-state index in [-0.39, 0.29) is 12.0 Å². The van der Waals surface area contributed by atoms with Gasteiger partial charge in [-0.05, 0) is 45.6 Å². The van der Waals surface area contributed by atoms with Gasteiger partial charge in [-0.25, -0.2) is 0 Å². The van der Waals surface area contributed by atoms with Gasteiger partial charge in [0.25, 0.3) is 0 Å². The molecule has 0 spiro atoms. The number of carbonyl (C=O) groups is 1. The quantitative estimate of drug-likeness (QED) is 0.775. The molecule has 0 aromatic heterocycles. The van der Waals surface area contributed by atoms with Gasteiger partial charge in [-0.1, -0.05) is 6.42 Å². The van der Waals surface area contributed by atoms with Crippen molar-refractivity contribution >= 4 is 5.91 Å². The van der Waals surface area contributed by atoms with E-state index in [4.69, 9.17) is 5.73 Å². The van der Waals surface area contributed by atoms with Gasteiger partial charge in [-0.2, -0.15) is 0 Å². The number of carbonyl (C=O) groups excluding carboxylic acids is 1. The van der Waals surface area contributed by atoms with Crippen molar-refractivity contribution in [3.05, 3.63) is 0 Å². The van der Waals surface area contributed by atoms with Crippen molar-refractivity contribution in [2.45, 2.75) is 63.6 Å². The van der Waals surface area contributed by atoms with E-state index in [0.29, 0.717) is 18.0 Å². The summed E-state index contributed by atoms with van der Waals surface area (Å²) in [6.07, 6.45) is 6.84. The highest BCUT2D eigenvalue weighted by molar-refractivity contribution is 5.79. The molecule has 4 unspecified atom stereocenters. The maximum Gasteiger partial charge on any atom is 0.226 e. The molecule has 2 N–H and O–H groups in total. The van der Waals surface area contributed by atoms with Crippen molar-refractivity contribution in [3.8, 4) is 0 Å². The average molecular weight is 265 g/mol. The molecular formula is C15H27N3O. The summed E-state index contributed by atoms with van der Waals surface area (Å²) in [5.41, 5.74) is 5.95. The molecule has 1 aliphatic carbocycles. The Bertz CT molecular complexity index is 346. The largest absolute Gasteiger partial charge is 0.337 e. The molecule has 3 rings (SSSR count). The summed E-state index contributed by atoms with van der Waals surface area (Å²) < 4.78 is 0. The number of fused-ring (bicyclic) bond motifs is 1. The second-order valence-corrected chi connectivity index (χ2v) is 6.75. The van der Waals surface area contributed by atoms with Crippen LogP contribution in [0.3, 0.4) is 0 Å². The summed E-state index contributed by atoms with van der Waals surface area (Å²) in [6, 6.07) is 1.24. The van der Waals surface area contributed by atoms with Crippen molar-refractivity contribution in [1.82, 2.24) is 9.80 Å². The van der Waals surface area contributed by atoms with E-state index in [1.807, 2.05) is 0 Å². The minimum Gasteiger partial charge on any atom is -0.337 e. The maximum absolute atomic E-state index is 12.7. The molecule has 2 saturated heterocycles. The number of piperazine rings is 1. The molecule has 4 heteroatoms. The number of piperidine rings is 1. The molecule has 0 aromatic rings. The van der Waals surface area contributed by atoms with Crippen molar-refractivity contribution in [1.29, 1.82) is 0 Å². The standard InChI is InChI=1S/C15H27N3O/c1-11-9-17-7-3-2-4-14(17)10-18(11)15(19)12-5-6-13(16)8-12/h11-14H,2-10,16H2,1H3. The zero-order chi connectivity index (χ0) is 13.4. The third kappa shape index (κ3) is 2.65. The van der Waals surface area contributed by atoms with Crippen LogP contribution in [0.15, 0.2) is 0 Å². The topological polar surface area (TPSA) is 49.6 Å². The Kier molecular flexibility index (Phi) is 3.81. The molecular weight excluding hydrogens is 238 g/mol. The van der Waals surface area contributed by atoms with E-state index < -0.39 is 0 Å². The Morgan fingerprint density at radius 2 is 2.00 bits per heavy atom. The van der Waals surface area contributed by atoms with Crippen LogP contribution in [0.1, 0.15) is 45.4 Å². The predicted molar refractivity (Wildman–Crippen MR) is 75.7 cm³/mol. The van der Waals surface area contributed by atoms with Gasteiger partial charge < -0.3 is 10.6 Å². The molecule has 3 fully saturated rings. The lowest BCUT2D eigenvalue weighted by Gasteiger charge is -2.48. The second-order valence-electron chi connectivity index (χ2n) is 6.75. The third-order valence-electron chi connectivity index (χ3n) is 5.29. The van der Waals surface area contributed by atoms with E-state index in [2.05, 4.69) is 16.7 Å². The van der Waals surface area contributed by atoms with Gasteiger partial charge in [0, 0.05) is 37.1 Å². The van der Waals surface area contributed by atoms with Crippen molar-refractivity contribution in [3.63, 3.8) is 0 Å². The van der Waals surface area contributed by atoms with E-state index in [0.717, 1.165) is 32.4 Å². The van der Waals surface area contributed by atoms with E-state index in [1.165, 1.54) is 25.8 Å². The number of hydrogen-bond donors (Lipinski definition) is 1. The monoisotopic (exact) mass is 265 g/mol. The van der Waals surface area contributed by atoms with Crippen LogP contribution in [-0.2, 0) is 4.79 Å². The van der Waals surface area contributed by atoms with Crippen LogP contribution in [0, 0.1) is 5.92 Å². The number of amides is 1. The van der Waals surface area contributed by atoms with Gasteiger partial charge in [0.2, 0.25) is 5.91 Å². The number of rotatable bonds is 1. The summed E-state index contributed by atoms with van der Waals surface area (Å²) in [6.45, 7) is 5.45. The van der Waals surface area contributed by atoms with Crippen molar-refractivity contribution < 1.29 is 4.79 Å². The Hall–Kier alpha value is -0.610. The fourth-order valence-corrected chi connectivity index (χ4v) is 4.13. The van der Waals surface area contributed by atoms with Crippen LogP contribution in [0.2, 0.25) is 0 Å². The summed E-state index contributed by atoms with van der Waals surface area (Å²) in [7, 11) is 0. The average Bonchev–Trinajstić information content (AvgIpc) is 2.84. The highest BCUT2D eigenvalue weighted by Crippen LogP contribution is 2.30. The van der Waals surface area contributed by atoms with Gasteiger partial charge >= 0.3 is 0 Å². The second kappa shape index (κ2) is 5.41. The fraction of sp³-hybridized carbons (Fsp3) is 0.933. The van der Waals surface area contributed by atoms with Crippen LogP contribution in [0.25, 0.3) is 0 Å². The predicted octanol–water partition coefficient (Wildman–Crippen LogP) is 1.20. The summed E-state index contributed by atoms with van der Waals surface area (Å²) in [4.78, 5) is 17.4. The summed E-state index contributed by atoms with van der Waals surface area (Å²) in [5.74, 6) is 0.582. The Labute approximate surface area is 116 Å². The molecule has 3 aliphatic rings. The van der Waals surface area contributed by atoms with Gasteiger partial charge in [-0.15, -0.1) is 0 Å². The lowest BCUT2D eigenvalue weighted by atomic mass is 9.95. The minimum atomic E-state index is 0.201. The molecule has 0 aromatic carbocycles. The van der Waals surface area contributed by atoms with E-state index >= 15 is 0 Å². The summed E-state index contributed by atoms with van der Waals surface area (Å²) >= 11 is 0. The Balaban J connectivity index is 1.65. The SMILES string of the molecule is CC1CN2CCCCC2CN1C(=O)C1CCC(N)C1. The highest BCUT2D eigenvalue weighted by atomic mass is 16.2. The first-order valence-corrected chi connectivity index (χ1v) is 7.95. The van der Waals surface area contributed by atoms with E-state index in [1.54, 1.807) is 0 Å². The molecule has 108 valence electrons. The van der Waals surface area contributed by atoms with Crippen LogP contribution < -0.4 is 5.73 Å². The van der Waals surface area contributed by atoms with Crippen LogP contribution in [-0.4, -0.2) is 53.5 Å². The molecule has 2 aliphatic heterocycles. The van der Waals surface area contributed by atoms with E-state index in [9.17, 15) is 4.79 Å². The number of nitrogens with zero attached hydrogens (tertiary/aromatic N) is 2. The molecule has 19 heavy (non-hydrogen) atoms. The van der Waals surface area contributed by atoms with Crippen molar-refractivity contribution in [2.75, 3.05) is 19.6 Å². The van der Waals surface area contributed by atoms with Crippen LogP contribution in [0.4, 0.5) is 0 Å².